The van der Waals surface area contributed by atoms with Crippen LogP contribution in [0.4, 0.5) is 0 Å². The van der Waals surface area contributed by atoms with Gasteiger partial charge in [-0.15, -0.1) is 0 Å². The summed E-state index contributed by atoms with van der Waals surface area (Å²) in [6.07, 6.45) is 4.26. The molecule has 0 spiro atoms. The minimum absolute atomic E-state index is 0.0484. The van der Waals surface area contributed by atoms with Gasteiger partial charge in [0.2, 0.25) is 0 Å². The van der Waals surface area contributed by atoms with Crippen molar-refractivity contribution < 1.29 is 15.1 Å². The van der Waals surface area contributed by atoms with Crippen molar-refractivity contribution in [3.63, 3.8) is 0 Å². The fourth-order valence-electron chi connectivity index (χ4n) is 3.77. The number of hydroxylamine groups is 2. The Morgan fingerprint density at radius 1 is 1.04 bits per heavy atom. The molecule has 2 rings (SSSR count). The van der Waals surface area contributed by atoms with Gasteiger partial charge in [0.25, 0.3) is 0 Å². The lowest BCUT2D eigenvalue weighted by molar-refractivity contribution is -0.331. The van der Waals surface area contributed by atoms with E-state index in [0.29, 0.717) is 0 Å². The van der Waals surface area contributed by atoms with Gasteiger partial charge in [0.15, 0.2) is 0 Å². The van der Waals surface area contributed by atoms with Crippen molar-refractivity contribution in [3.05, 3.63) is 35.9 Å². The lowest BCUT2D eigenvalue weighted by Crippen LogP contribution is -2.66. The third kappa shape index (κ3) is 3.45. The highest BCUT2D eigenvalue weighted by Crippen LogP contribution is 2.44. The van der Waals surface area contributed by atoms with Gasteiger partial charge in [-0.05, 0) is 44.6 Å². The van der Waals surface area contributed by atoms with Crippen LogP contribution in [-0.4, -0.2) is 39.6 Å². The van der Waals surface area contributed by atoms with Gasteiger partial charge in [-0.1, -0.05) is 44.2 Å². The molecule has 0 saturated carbocycles. The maximum Gasteiger partial charge on any atom is 0.102 e. The normalized spacial score (nSPS) is 30.3. The van der Waals surface area contributed by atoms with Crippen molar-refractivity contribution in [3.8, 4) is 0 Å². The SMILES string of the molecule is CC[C@]1(CO)CCC[C@@](CC)(CO)N1OC(C)c1ccccc1. The van der Waals surface area contributed by atoms with E-state index in [4.69, 9.17) is 4.84 Å². The van der Waals surface area contributed by atoms with Crippen LogP contribution in [-0.2, 0) is 4.84 Å². The highest BCUT2D eigenvalue weighted by atomic mass is 16.7. The molecule has 0 radical (unpaired) electrons. The summed E-state index contributed by atoms with van der Waals surface area (Å²) < 4.78 is 0. The summed E-state index contributed by atoms with van der Waals surface area (Å²) in [7, 11) is 0. The van der Waals surface area contributed by atoms with Gasteiger partial charge in [-0.25, -0.2) is 0 Å². The van der Waals surface area contributed by atoms with Gasteiger partial charge in [-0.3, -0.25) is 4.84 Å². The van der Waals surface area contributed by atoms with E-state index in [1.54, 1.807) is 0 Å². The topological polar surface area (TPSA) is 52.9 Å². The summed E-state index contributed by atoms with van der Waals surface area (Å²) in [6, 6.07) is 10.1. The van der Waals surface area contributed by atoms with Crippen molar-refractivity contribution in [2.45, 2.75) is 70.1 Å². The number of hydrogen-bond donors (Lipinski definition) is 2. The fraction of sp³-hybridized carbons (Fsp3) is 0.684. The van der Waals surface area contributed by atoms with Crippen molar-refractivity contribution >= 4 is 0 Å². The van der Waals surface area contributed by atoms with Crippen molar-refractivity contribution in [2.24, 2.45) is 0 Å². The number of aliphatic hydroxyl groups excluding tert-OH is 2. The van der Waals surface area contributed by atoms with E-state index < -0.39 is 11.1 Å². The van der Waals surface area contributed by atoms with Gasteiger partial charge in [-0.2, -0.15) is 5.06 Å². The molecule has 1 aromatic carbocycles. The van der Waals surface area contributed by atoms with Crippen LogP contribution in [0.3, 0.4) is 0 Å². The summed E-state index contributed by atoms with van der Waals surface area (Å²) in [4.78, 5) is 6.39. The third-order valence-corrected chi connectivity index (χ3v) is 5.58. The van der Waals surface area contributed by atoms with Gasteiger partial charge < -0.3 is 10.2 Å². The van der Waals surface area contributed by atoms with Crippen LogP contribution in [0.15, 0.2) is 30.3 Å². The molecule has 1 aromatic rings. The molecule has 4 heteroatoms. The Bertz CT molecular complexity index is 449. The van der Waals surface area contributed by atoms with Gasteiger partial charge in [0.05, 0.1) is 24.3 Å². The Kier molecular flexibility index (Phi) is 6.20. The molecule has 1 fully saturated rings. The smallest absolute Gasteiger partial charge is 0.102 e. The molecule has 23 heavy (non-hydrogen) atoms. The molecule has 0 amide bonds. The molecule has 4 nitrogen and oxygen atoms in total. The van der Waals surface area contributed by atoms with Crippen LogP contribution in [0, 0.1) is 0 Å². The van der Waals surface area contributed by atoms with Crippen LogP contribution in [0.2, 0.25) is 0 Å². The fourth-order valence-corrected chi connectivity index (χ4v) is 3.77. The second kappa shape index (κ2) is 7.75. The van der Waals surface area contributed by atoms with Crippen LogP contribution < -0.4 is 0 Å². The van der Waals surface area contributed by atoms with E-state index in [0.717, 1.165) is 37.7 Å². The van der Waals surface area contributed by atoms with Crippen LogP contribution in [0.5, 0.6) is 0 Å². The quantitative estimate of drug-likeness (QED) is 0.808. The van der Waals surface area contributed by atoms with E-state index in [1.807, 2.05) is 42.3 Å². The standard InChI is InChI=1S/C19H31NO3/c1-4-18(14-21)12-9-13-19(5-2,15-22)20(18)23-16(3)17-10-7-6-8-11-17/h6-8,10-11,16,21-22H,4-5,9,12-15H2,1-3H3/t16?,18-,19+. The van der Waals surface area contributed by atoms with Gasteiger partial charge >= 0.3 is 0 Å². The van der Waals surface area contributed by atoms with Crippen LogP contribution in [0.25, 0.3) is 0 Å². The third-order valence-electron chi connectivity index (χ3n) is 5.58. The molecular formula is C19H31NO3. The molecule has 0 aromatic heterocycles. The Morgan fingerprint density at radius 3 is 2.00 bits per heavy atom. The predicted octanol–water partition coefficient (Wildman–Crippen LogP) is 3.45. The predicted molar refractivity (Wildman–Crippen MR) is 91.8 cm³/mol. The van der Waals surface area contributed by atoms with Crippen molar-refractivity contribution in [2.75, 3.05) is 13.2 Å². The number of piperidine rings is 1. The largest absolute Gasteiger partial charge is 0.394 e. The molecule has 1 saturated heterocycles. The molecule has 1 aliphatic heterocycles. The highest BCUT2D eigenvalue weighted by molar-refractivity contribution is 5.17. The average molecular weight is 321 g/mol. The summed E-state index contributed by atoms with van der Waals surface area (Å²) in [5.74, 6) is 0. The van der Waals surface area contributed by atoms with Gasteiger partial charge in [0, 0.05) is 0 Å². The maximum absolute atomic E-state index is 10.1. The average Bonchev–Trinajstić information content (AvgIpc) is 2.63. The number of benzene rings is 1. The maximum atomic E-state index is 10.1. The van der Waals surface area contributed by atoms with E-state index in [9.17, 15) is 10.2 Å². The zero-order chi connectivity index (χ0) is 16.9. The Balaban J connectivity index is 2.33. The van der Waals surface area contributed by atoms with Crippen molar-refractivity contribution in [1.82, 2.24) is 5.06 Å². The minimum Gasteiger partial charge on any atom is -0.394 e. The van der Waals surface area contributed by atoms with E-state index in [2.05, 4.69) is 13.8 Å². The summed E-state index contributed by atoms with van der Waals surface area (Å²) in [5.41, 5.74) is 0.268. The van der Waals surface area contributed by atoms with Gasteiger partial charge in [0.1, 0.15) is 6.10 Å². The zero-order valence-corrected chi connectivity index (χ0v) is 14.7. The second-order valence-corrected chi connectivity index (χ2v) is 6.78. The number of aliphatic hydroxyl groups is 2. The summed E-state index contributed by atoms with van der Waals surface area (Å²) >= 11 is 0. The molecule has 1 unspecified atom stereocenters. The monoisotopic (exact) mass is 321 g/mol. The van der Waals surface area contributed by atoms with E-state index >= 15 is 0 Å². The molecule has 1 aliphatic rings. The lowest BCUT2D eigenvalue weighted by atomic mass is 9.76. The summed E-state index contributed by atoms with van der Waals surface area (Å²) in [6.45, 7) is 6.30. The molecule has 0 aliphatic carbocycles. The van der Waals surface area contributed by atoms with E-state index in [-0.39, 0.29) is 19.3 Å². The molecule has 3 atom stereocenters. The molecule has 130 valence electrons. The van der Waals surface area contributed by atoms with Crippen LogP contribution in [0.1, 0.15) is 64.5 Å². The second-order valence-electron chi connectivity index (χ2n) is 6.78. The first kappa shape index (κ1) is 18.4. The number of nitrogens with zero attached hydrogens (tertiary/aromatic N) is 1. The number of rotatable bonds is 7. The first-order valence-electron chi connectivity index (χ1n) is 8.81. The molecular weight excluding hydrogens is 290 g/mol. The highest BCUT2D eigenvalue weighted by Gasteiger charge is 2.51. The minimum atomic E-state index is -0.417. The van der Waals surface area contributed by atoms with Crippen molar-refractivity contribution in [1.29, 1.82) is 0 Å². The van der Waals surface area contributed by atoms with E-state index in [1.165, 1.54) is 0 Å². The number of hydrogen-bond acceptors (Lipinski definition) is 4. The summed E-state index contributed by atoms with van der Waals surface area (Å²) in [5, 5.41) is 22.2. The lowest BCUT2D eigenvalue weighted by Gasteiger charge is -2.56. The first-order chi connectivity index (χ1) is 11.1. The molecule has 1 heterocycles. The Hall–Kier alpha value is -0.940. The molecule has 0 bridgehead atoms. The Morgan fingerprint density at radius 2 is 1.57 bits per heavy atom. The zero-order valence-electron chi connectivity index (χ0n) is 14.7. The molecule has 2 N–H and O–H groups in total. The Labute approximate surface area is 140 Å². The first-order valence-corrected chi connectivity index (χ1v) is 8.81. The van der Waals surface area contributed by atoms with Crippen LogP contribution >= 0.6 is 0 Å².